The summed E-state index contributed by atoms with van der Waals surface area (Å²) in [6, 6.07) is 1.79. The lowest BCUT2D eigenvalue weighted by Crippen LogP contribution is -2.53. The molecule has 0 aliphatic carbocycles. The van der Waals surface area contributed by atoms with E-state index in [-0.39, 0.29) is 19.0 Å². The Bertz CT molecular complexity index is 742. The second kappa shape index (κ2) is 7.13. The van der Waals surface area contributed by atoms with Gasteiger partial charge in [0, 0.05) is 37.8 Å². The van der Waals surface area contributed by atoms with Gasteiger partial charge in [0.15, 0.2) is 0 Å². The van der Waals surface area contributed by atoms with Gasteiger partial charge < -0.3 is 14.4 Å². The maximum Gasteiger partial charge on any atom is 0.421 e. The highest BCUT2D eigenvalue weighted by Gasteiger charge is 2.35. The van der Waals surface area contributed by atoms with Gasteiger partial charge in [0.05, 0.1) is 0 Å². The third-order valence-corrected chi connectivity index (χ3v) is 4.19. The van der Waals surface area contributed by atoms with Crippen molar-refractivity contribution < 1.29 is 22.8 Å². The summed E-state index contributed by atoms with van der Waals surface area (Å²) in [7, 11) is 0. The minimum absolute atomic E-state index is 0.0151. The smallest absolute Gasteiger partial charge is 0.339 e. The second-order valence-corrected chi connectivity index (χ2v) is 7.28. The number of halogens is 3. The largest absolute Gasteiger partial charge is 0.421 e. The van der Waals surface area contributed by atoms with Crippen LogP contribution in [0.3, 0.4) is 0 Å². The van der Waals surface area contributed by atoms with Crippen molar-refractivity contribution >= 4 is 11.8 Å². The van der Waals surface area contributed by atoms with Gasteiger partial charge in [-0.3, -0.25) is 14.4 Å². The highest BCUT2D eigenvalue weighted by Crippen LogP contribution is 2.26. The number of pyridine rings is 1. The number of piperazine rings is 1. The minimum Gasteiger partial charge on any atom is -0.339 e. The van der Waals surface area contributed by atoms with Gasteiger partial charge in [0.2, 0.25) is 11.8 Å². The first kappa shape index (κ1) is 20.0. The molecule has 2 rings (SSSR count). The lowest BCUT2D eigenvalue weighted by atomic mass is 9.94. The van der Waals surface area contributed by atoms with Gasteiger partial charge >= 0.3 is 6.18 Å². The molecule has 6 nitrogen and oxygen atoms in total. The van der Waals surface area contributed by atoms with Gasteiger partial charge in [0.1, 0.15) is 12.1 Å². The van der Waals surface area contributed by atoms with E-state index in [2.05, 4.69) is 0 Å². The predicted octanol–water partition coefficient (Wildman–Crippen LogP) is 1.58. The number of hydrogen-bond acceptors (Lipinski definition) is 3. The Kier molecular flexibility index (Phi) is 5.48. The van der Waals surface area contributed by atoms with Crippen molar-refractivity contribution in [2.24, 2.45) is 5.41 Å². The summed E-state index contributed by atoms with van der Waals surface area (Å²) in [5.41, 5.74) is -3.05. The average molecular weight is 373 g/mol. The Morgan fingerprint density at radius 3 is 2.08 bits per heavy atom. The molecule has 0 unspecified atom stereocenters. The summed E-state index contributed by atoms with van der Waals surface area (Å²) >= 11 is 0. The maximum absolute atomic E-state index is 12.8. The average Bonchev–Trinajstić information content (AvgIpc) is 2.54. The van der Waals surface area contributed by atoms with Crippen molar-refractivity contribution in [1.82, 2.24) is 14.4 Å². The van der Waals surface area contributed by atoms with Crippen LogP contribution < -0.4 is 5.56 Å². The Hall–Kier alpha value is -2.32. The third-order valence-electron chi connectivity index (χ3n) is 4.19. The van der Waals surface area contributed by atoms with Crippen molar-refractivity contribution in [3.05, 3.63) is 34.2 Å². The molecule has 9 heteroatoms. The van der Waals surface area contributed by atoms with Gasteiger partial charge in [0.25, 0.3) is 5.56 Å². The summed E-state index contributed by atoms with van der Waals surface area (Å²) in [6.45, 7) is 6.27. The van der Waals surface area contributed by atoms with Crippen LogP contribution in [-0.4, -0.2) is 52.4 Å². The van der Waals surface area contributed by atoms with E-state index in [0.717, 1.165) is 16.8 Å². The molecule has 0 bridgehead atoms. The lowest BCUT2D eigenvalue weighted by Gasteiger charge is -2.37. The van der Waals surface area contributed by atoms with Crippen LogP contribution in [0.1, 0.15) is 26.3 Å². The number of carbonyl (C=O) groups is 2. The van der Waals surface area contributed by atoms with Crippen LogP contribution in [0.15, 0.2) is 23.1 Å². The summed E-state index contributed by atoms with van der Waals surface area (Å²) < 4.78 is 39.1. The van der Waals surface area contributed by atoms with Gasteiger partial charge in [-0.15, -0.1) is 0 Å². The predicted molar refractivity (Wildman–Crippen MR) is 88.3 cm³/mol. The molecule has 144 valence electrons. The molecule has 0 atom stereocenters. The number of carbonyl (C=O) groups excluding carboxylic acids is 2. The van der Waals surface area contributed by atoms with Crippen LogP contribution in [0, 0.1) is 5.41 Å². The summed E-state index contributed by atoms with van der Waals surface area (Å²) in [6.07, 6.45) is -3.60. The quantitative estimate of drug-likeness (QED) is 0.791. The standard InChI is InChI=1S/C17H22F3N3O3/c1-16(2,3)15(26)22-9-7-21(8-10-22)13(24)11-23-6-4-5-12(14(23)25)17(18,19)20/h4-6H,7-11H2,1-3H3. The molecule has 26 heavy (non-hydrogen) atoms. The highest BCUT2D eigenvalue weighted by atomic mass is 19.4. The lowest BCUT2D eigenvalue weighted by molar-refractivity contribution is -0.145. The molecule has 0 aromatic carbocycles. The topological polar surface area (TPSA) is 62.6 Å². The maximum atomic E-state index is 12.8. The number of aromatic nitrogens is 1. The Balaban J connectivity index is 2.03. The molecule has 0 radical (unpaired) electrons. The van der Waals surface area contributed by atoms with Gasteiger partial charge in [-0.2, -0.15) is 13.2 Å². The van der Waals surface area contributed by atoms with Crippen LogP contribution in [-0.2, 0) is 22.3 Å². The number of rotatable bonds is 2. The Morgan fingerprint density at radius 1 is 1.04 bits per heavy atom. The van der Waals surface area contributed by atoms with Crippen LogP contribution in [0.2, 0.25) is 0 Å². The summed E-state index contributed by atoms with van der Waals surface area (Å²) in [5.74, 6) is -0.465. The van der Waals surface area contributed by atoms with Crippen LogP contribution in [0.25, 0.3) is 0 Å². The zero-order valence-corrected chi connectivity index (χ0v) is 15.0. The fourth-order valence-electron chi connectivity index (χ4n) is 2.76. The molecule has 1 aliphatic rings. The molecule has 2 heterocycles. The summed E-state index contributed by atoms with van der Waals surface area (Å²) in [4.78, 5) is 39.6. The van der Waals surface area contributed by atoms with Crippen molar-refractivity contribution in [2.75, 3.05) is 26.2 Å². The molecule has 1 aromatic rings. The van der Waals surface area contributed by atoms with Crippen LogP contribution in [0.4, 0.5) is 13.2 Å². The van der Waals surface area contributed by atoms with Gasteiger partial charge in [-0.25, -0.2) is 0 Å². The van der Waals surface area contributed by atoms with Gasteiger partial charge in [-0.1, -0.05) is 20.8 Å². The van der Waals surface area contributed by atoms with E-state index in [0.29, 0.717) is 19.2 Å². The SMILES string of the molecule is CC(C)(C)C(=O)N1CCN(C(=O)Cn2cccc(C(F)(F)F)c2=O)CC1. The van der Waals surface area contributed by atoms with Crippen molar-refractivity contribution in [1.29, 1.82) is 0 Å². The fraction of sp³-hybridized carbons (Fsp3) is 0.588. The summed E-state index contributed by atoms with van der Waals surface area (Å²) in [5, 5.41) is 0. The zero-order valence-electron chi connectivity index (χ0n) is 15.0. The molecule has 0 N–H and O–H groups in total. The monoisotopic (exact) mass is 373 g/mol. The Labute approximate surface area is 149 Å². The first-order chi connectivity index (χ1) is 11.9. The van der Waals surface area contributed by atoms with E-state index in [9.17, 15) is 27.6 Å². The normalized spacial score (nSPS) is 15.9. The molecule has 1 saturated heterocycles. The third kappa shape index (κ3) is 4.44. The number of hydrogen-bond donors (Lipinski definition) is 0. The van der Waals surface area contributed by atoms with Crippen molar-refractivity contribution in [3.8, 4) is 0 Å². The zero-order chi connectivity index (χ0) is 19.7. The number of amides is 2. The molecule has 1 aromatic heterocycles. The molecule has 0 spiro atoms. The molecular weight excluding hydrogens is 351 g/mol. The fourth-order valence-corrected chi connectivity index (χ4v) is 2.76. The van der Waals surface area contributed by atoms with Crippen LogP contribution >= 0.6 is 0 Å². The van der Waals surface area contributed by atoms with Crippen LogP contribution in [0.5, 0.6) is 0 Å². The van der Waals surface area contributed by atoms with E-state index in [1.165, 1.54) is 4.90 Å². The number of alkyl halides is 3. The molecule has 0 saturated carbocycles. The molecule has 2 amide bonds. The van der Waals surface area contributed by atoms with Crippen molar-refractivity contribution in [3.63, 3.8) is 0 Å². The van der Waals surface area contributed by atoms with E-state index >= 15 is 0 Å². The van der Waals surface area contributed by atoms with E-state index in [1.807, 2.05) is 20.8 Å². The van der Waals surface area contributed by atoms with E-state index < -0.39 is 35.2 Å². The van der Waals surface area contributed by atoms with Crippen molar-refractivity contribution in [2.45, 2.75) is 33.5 Å². The molecular formula is C17H22F3N3O3. The Morgan fingerprint density at radius 2 is 1.58 bits per heavy atom. The molecule has 1 aliphatic heterocycles. The second-order valence-electron chi connectivity index (χ2n) is 7.28. The van der Waals surface area contributed by atoms with E-state index in [4.69, 9.17) is 0 Å². The van der Waals surface area contributed by atoms with E-state index in [1.54, 1.807) is 4.90 Å². The first-order valence-electron chi connectivity index (χ1n) is 8.25. The number of nitrogens with zero attached hydrogens (tertiary/aromatic N) is 3. The first-order valence-corrected chi connectivity index (χ1v) is 8.25. The molecule has 1 fully saturated rings. The van der Waals surface area contributed by atoms with Gasteiger partial charge in [-0.05, 0) is 12.1 Å². The highest BCUT2D eigenvalue weighted by molar-refractivity contribution is 5.82. The minimum atomic E-state index is -4.76.